The number of benzene rings is 1. The van der Waals surface area contributed by atoms with Gasteiger partial charge in [0.1, 0.15) is 0 Å². The molecule has 0 aliphatic rings. The fourth-order valence-corrected chi connectivity index (χ4v) is 1.74. The highest BCUT2D eigenvalue weighted by Crippen LogP contribution is 2.12. The second-order valence-electron chi connectivity index (χ2n) is 3.70. The van der Waals surface area contributed by atoms with Crippen molar-refractivity contribution in [2.75, 3.05) is 11.9 Å². The Balaban J connectivity index is 1.93. The van der Waals surface area contributed by atoms with Crippen LogP contribution in [0.1, 0.15) is 5.56 Å². The summed E-state index contributed by atoms with van der Waals surface area (Å²) in [7, 11) is 0. The van der Waals surface area contributed by atoms with Crippen molar-refractivity contribution in [3.05, 3.63) is 47.2 Å². The summed E-state index contributed by atoms with van der Waals surface area (Å²) in [6.07, 6.45) is 3.60. The molecule has 0 unspecified atom stereocenters. The van der Waals surface area contributed by atoms with Crippen LogP contribution in [0.15, 0.2) is 36.7 Å². The second kappa shape index (κ2) is 5.70. The van der Waals surface area contributed by atoms with E-state index in [4.69, 9.17) is 16.7 Å². The number of anilines is 1. The predicted octanol–water partition coefficient (Wildman–Crippen LogP) is 2.14. The molecule has 5 heteroatoms. The molecular weight excluding hydrogens is 238 g/mol. The molecule has 0 aliphatic heterocycles. The molecule has 2 rings (SSSR count). The molecular formula is C12H14ClN3O. The number of nitrogens with zero attached hydrogens (tertiary/aromatic N) is 2. The Hall–Kier alpha value is -1.52. The summed E-state index contributed by atoms with van der Waals surface area (Å²) in [5.41, 5.74) is 2.05. The third kappa shape index (κ3) is 3.47. The van der Waals surface area contributed by atoms with Gasteiger partial charge in [0.2, 0.25) is 0 Å². The summed E-state index contributed by atoms with van der Waals surface area (Å²) >= 11 is 5.90. The Bertz CT molecular complexity index is 484. The van der Waals surface area contributed by atoms with Crippen molar-refractivity contribution < 1.29 is 5.11 Å². The molecule has 0 bridgehead atoms. The average Bonchev–Trinajstić information content (AvgIpc) is 2.75. The van der Waals surface area contributed by atoms with Gasteiger partial charge in [0.05, 0.1) is 25.0 Å². The largest absolute Gasteiger partial charge is 0.394 e. The number of halogens is 1. The molecule has 4 nitrogen and oxygen atoms in total. The fraction of sp³-hybridized carbons (Fsp3) is 0.250. The average molecular weight is 252 g/mol. The fourth-order valence-electron chi connectivity index (χ4n) is 1.53. The van der Waals surface area contributed by atoms with Crippen LogP contribution >= 0.6 is 11.6 Å². The Morgan fingerprint density at radius 1 is 1.41 bits per heavy atom. The van der Waals surface area contributed by atoms with Crippen LogP contribution in [0.25, 0.3) is 0 Å². The number of nitrogens with one attached hydrogen (secondary N) is 1. The molecule has 1 aromatic carbocycles. The van der Waals surface area contributed by atoms with Crippen molar-refractivity contribution in [1.29, 1.82) is 0 Å². The van der Waals surface area contributed by atoms with Crippen molar-refractivity contribution in [2.24, 2.45) is 0 Å². The summed E-state index contributed by atoms with van der Waals surface area (Å²) in [4.78, 5) is 0. The Morgan fingerprint density at radius 2 is 2.29 bits per heavy atom. The first-order chi connectivity index (χ1) is 8.28. The maximum Gasteiger partial charge on any atom is 0.0729 e. The van der Waals surface area contributed by atoms with Crippen LogP contribution in [0.3, 0.4) is 0 Å². The van der Waals surface area contributed by atoms with E-state index in [0.717, 1.165) is 16.3 Å². The monoisotopic (exact) mass is 251 g/mol. The van der Waals surface area contributed by atoms with E-state index in [1.807, 2.05) is 30.5 Å². The number of aliphatic hydroxyl groups excluding tert-OH is 1. The van der Waals surface area contributed by atoms with Gasteiger partial charge in [-0.3, -0.25) is 4.68 Å². The lowest BCUT2D eigenvalue weighted by molar-refractivity contribution is 0.269. The molecule has 0 saturated carbocycles. The highest BCUT2D eigenvalue weighted by Gasteiger charge is 1.98. The third-order valence-corrected chi connectivity index (χ3v) is 2.58. The van der Waals surface area contributed by atoms with Crippen molar-refractivity contribution in [3.8, 4) is 0 Å². The summed E-state index contributed by atoms with van der Waals surface area (Å²) in [5, 5.41) is 16.9. The Morgan fingerprint density at radius 3 is 3.06 bits per heavy atom. The Kier molecular flexibility index (Phi) is 4.01. The highest BCUT2D eigenvalue weighted by atomic mass is 35.5. The third-order valence-electron chi connectivity index (χ3n) is 2.35. The maximum absolute atomic E-state index is 8.77. The van der Waals surface area contributed by atoms with Gasteiger partial charge in [-0.2, -0.15) is 5.10 Å². The summed E-state index contributed by atoms with van der Waals surface area (Å²) in [6, 6.07) is 7.71. The highest BCUT2D eigenvalue weighted by molar-refractivity contribution is 6.30. The van der Waals surface area contributed by atoms with E-state index < -0.39 is 0 Å². The number of aromatic nitrogens is 2. The number of hydrogen-bond acceptors (Lipinski definition) is 3. The first-order valence-corrected chi connectivity index (χ1v) is 5.77. The minimum atomic E-state index is 0.0927. The van der Waals surface area contributed by atoms with Gasteiger partial charge in [-0.1, -0.05) is 23.7 Å². The van der Waals surface area contributed by atoms with Gasteiger partial charge >= 0.3 is 0 Å². The molecule has 0 spiro atoms. The topological polar surface area (TPSA) is 50.1 Å². The zero-order valence-electron chi connectivity index (χ0n) is 9.31. The molecule has 1 heterocycles. The molecule has 0 radical (unpaired) electrons. The Labute approximate surface area is 105 Å². The number of hydrogen-bond donors (Lipinski definition) is 2. The lowest BCUT2D eigenvalue weighted by Gasteiger charge is -2.03. The van der Waals surface area contributed by atoms with E-state index in [1.54, 1.807) is 10.9 Å². The van der Waals surface area contributed by atoms with E-state index in [1.165, 1.54) is 0 Å². The standard InChI is InChI=1S/C12H14ClN3O/c13-11-3-1-2-10(6-11)7-14-12-8-15-16(9-12)4-5-17/h1-3,6,8-9,14,17H,4-5,7H2. The van der Waals surface area contributed by atoms with Crippen molar-refractivity contribution in [1.82, 2.24) is 9.78 Å². The van der Waals surface area contributed by atoms with Crippen molar-refractivity contribution >= 4 is 17.3 Å². The van der Waals surface area contributed by atoms with E-state index in [0.29, 0.717) is 13.1 Å². The van der Waals surface area contributed by atoms with E-state index in [-0.39, 0.29) is 6.61 Å². The second-order valence-corrected chi connectivity index (χ2v) is 4.14. The SMILES string of the molecule is OCCn1cc(NCc2cccc(Cl)c2)cn1. The first kappa shape index (κ1) is 12.0. The van der Waals surface area contributed by atoms with Gasteiger partial charge in [0, 0.05) is 17.8 Å². The normalized spacial score (nSPS) is 10.5. The van der Waals surface area contributed by atoms with Crippen LogP contribution in [-0.4, -0.2) is 21.5 Å². The van der Waals surface area contributed by atoms with E-state index in [2.05, 4.69) is 10.4 Å². The molecule has 0 atom stereocenters. The quantitative estimate of drug-likeness (QED) is 0.856. The minimum Gasteiger partial charge on any atom is -0.394 e. The van der Waals surface area contributed by atoms with Crippen LogP contribution in [0.5, 0.6) is 0 Å². The molecule has 0 saturated heterocycles. The van der Waals surface area contributed by atoms with Crippen LogP contribution in [0.2, 0.25) is 5.02 Å². The molecule has 0 fully saturated rings. The van der Waals surface area contributed by atoms with Crippen molar-refractivity contribution in [2.45, 2.75) is 13.1 Å². The maximum atomic E-state index is 8.77. The molecule has 17 heavy (non-hydrogen) atoms. The van der Waals surface area contributed by atoms with Gasteiger partial charge in [-0.25, -0.2) is 0 Å². The number of rotatable bonds is 5. The molecule has 0 aliphatic carbocycles. The summed E-state index contributed by atoms with van der Waals surface area (Å²) in [6.45, 7) is 1.31. The van der Waals surface area contributed by atoms with E-state index in [9.17, 15) is 0 Å². The van der Waals surface area contributed by atoms with Crippen molar-refractivity contribution in [3.63, 3.8) is 0 Å². The molecule has 90 valence electrons. The lowest BCUT2D eigenvalue weighted by atomic mass is 10.2. The van der Waals surface area contributed by atoms with Gasteiger partial charge in [0.25, 0.3) is 0 Å². The van der Waals surface area contributed by atoms with Crippen LogP contribution in [0.4, 0.5) is 5.69 Å². The predicted molar refractivity (Wildman–Crippen MR) is 68.1 cm³/mol. The summed E-state index contributed by atoms with van der Waals surface area (Å²) < 4.78 is 1.69. The zero-order chi connectivity index (χ0) is 12.1. The number of aliphatic hydroxyl groups is 1. The minimum absolute atomic E-state index is 0.0927. The smallest absolute Gasteiger partial charge is 0.0729 e. The van der Waals surface area contributed by atoms with Crippen LogP contribution in [-0.2, 0) is 13.1 Å². The van der Waals surface area contributed by atoms with E-state index >= 15 is 0 Å². The molecule has 2 N–H and O–H groups in total. The van der Waals surface area contributed by atoms with Gasteiger partial charge < -0.3 is 10.4 Å². The molecule has 0 amide bonds. The lowest BCUT2D eigenvalue weighted by Crippen LogP contribution is -2.02. The van der Waals surface area contributed by atoms with Gasteiger partial charge in [-0.15, -0.1) is 0 Å². The van der Waals surface area contributed by atoms with Gasteiger partial charge in [-0.05, 0) is 17.7 Å². The first-order valence-electron chi connectivity index (χ1n) is 5.39. The van der Waals surface area contributed by atoms with Crippen LogP contribution in [0, 0.1) is 0 Å². The summed E-state index contributed by atoms with van der Waals surface area (Å²) in [5.74, 6) is 0. The molecule has 1 aromatic heterocycles. The zero-order valence-corrected chi connectivity index (χ0v) is 10.1. The van der Waals surface area contributed by atoms with Gasteiger partial charge in [0.15, 0.2) is 0 Å². The molecule has 2 aromatic rings. The van der Waals surface area contributed by atoms with Crippen LogP contribution < -0.4 is 5.32 Å².